The molecule has 1 aromatic heterocycles. The zero-order valence-electron chi connectivity index (χ0n) is 8.98. The summed E-state index contributed by atoms with van der Waals surface area (Å²) in [5, 5.41) is 21.9. The van der Waals surface area contributed by atoms with E-state index in [1.165, 1.54) is 6.07 Å². The van der Waals surface area contributed by atoms with E-state index in [2.05, 4.69) is 0 Å². The lowest BCUT2D eigenvalue weighted by Gasteiger charge is -2.05. The molecule has 5 nitrogen and oxygen atoms in total. The molecule has 0 saturated carbocycles. The Labute approximate surface area is 98.4 Å². The van der Waals surface area contributed by atoms with E-state index in [0.29, 0.717) is 16.8 Å². The van der Waals surface area contributed by atoms with Crippen LogP contribution in [0.2, 0.25) is 5.15 Å². The number of hydrogen-bond acceptors (Lipinski definition) is 3. The third kappa shape index (κ3) is 3.06. The number of nitrogens with zero attached hydrogens (tertiary/aromatic N) is 2. The number of aryl methyl sites for hydroxylation is 1. The van der Waals surface area contributed by atoms with Gasteiger partial charge < -0.3 is 5.21 Å². The first-order valence-electron chi connectivity index (χ1n) is 5.12. The number of hydrogen-bond donors (Lipinski definition) is 0. The van der Waals surface area contributed by atoms with Crippen LogP contribution in [-0.4, -0.2) is 4.92 Å². The first-order chi connectivity index (χ1) is 7.56. The molecule has 0 N–H and O–H groups in total. The molecule has 0 bridgehead atoms. The molecule has 0 saturated heterocycles. The Morgan fingerprint density at radius 1 is 1.44 bits per heavy atom. The predicted octanol–water partition coefficient (Wildman–Crippen LogP) is 2.61. The highest BCUT2D eigenvalue weighted by molar-refractivity contribution is 6.28. The molecule has 0 radical (unpaired) electrons. The molecule has 0 aliphatic heterocycles. The van der Waals surface area contributed by atoms with E-state index >= 15 is 0 Å². The molecule has 0 fully saturated rings. The quantitative estimate of drug-likeness (QED) is 0.200. The highest BCUT2D eigenvalue weighted by atomic mass is 35.5. The number of halogens is 1. The van der Waals surface area contributed by atoms with Gasteiger partial charge in [0.2, 0.25) is 5.69 Å². The van der Waals surface area contributed by atoms with Crippen LogP contribution in [0.1, 0.15) is 31.9 Å². The van der Waals surface area contributed by atoms with Crippen LogP contribution in [0, 0.1) is 15.3 Å². The topological polar surface area (TPSA) is 70.1 Å². The molecule has 0 spiro atoms. The van der Waals surface area contributed by atoms with E-state index in [4.69, 9.17) is 11.6 Å². The second-order valence-electron chi connectivity index (χ2n) is 3.54. The first kappa shape index (κ1) is 12.7. The van der Waals surface area contributed by atoms with Gasteiger partial charge >= 0.3 is 0 Å². The van der Waals surface area contributed by atoms with Crippen LogP contribution in [0.15, 0.2) is 12.1 Å². The lowest BCUT2D eigenvalue weighted by molar-refractivity contribution is -0.612. The molecule has 1 heterocycles. The molecule has 88 valence electrons. The van der Waals surface area contributed by atoms with Gasteiger partial charge in [0.25, 0.3) is 10.8 Å². The molecule has 1 rings (SSSR count). The first-order valence-corrected chi connectivity index (χ1v) is 5.50. The second kappa shape index (κ2) is 5.65. The molecular formula is C10H13ClN2O3. The van der Waals surface area contributed by atoms with Gasteiger partial charge in [-0.3, -0.25) is 10.1 Å². The minimum Gasteiger partial charge on any atom is -0.617 e. The molecular weight excluding hydrogens is 232 g/mol. The average molecular weight is 245 g/mol. The zero-order chi connectivity index (χ0) is 12.1. The molecule has 0 aliphatic rings. The summed E-state index contributed by atoms with van der Waals surface area (Å²) in [6, 6.07) is 2.35. The third-order valence-corrected chi connectivity index (χ3v) is 2.55. The molecule has 0 amide bonds. The highest BCUT2D eigenvalue weighted by Gasteiger charge is 2.18. The van der Waals surface area contributed by atoms with Crippen LogP contribution in [0.5, 0.6) is 0 Å². The van der Waals surface area contributed by atoms with Gasteiger partial charge in [-0.1, -0.05) is 19.8 Å². The van der Waals surface area contributed by atoms with Crippen LogP contribution >= 0.6 is 11.6 Å². The number of nitro groups is 1. The lowest BCUT2D eigenvalue weighted by atomic mass is 10.1. The summed E-state index contributed by atoms with van der Waals surface area (Å²) in [7, 11) is 0. The van der Waals surface area contributed by atoms with Gasteiger partial charge in [-0.05, 0) is 18.0 Å². The summed E-state index contributed by atoms with van der Waals surface area (Å²) in [5.41, 5.74) is 0.219. The van der Waals surface area contributed by atoms with Crippen molar-refractivity contribution in [1.29, 1.82) is 0 Å². The minimum absolute atomic E-state index is 0.136. The summed E-state index contributed by atoms with van der Waals surface area (Å²) >= 11 is 5.62. The number of unbranched alkanes of at least 4 members (excludes halogenated alkanes) is 2. The Bertz CT molecular complexity index is 396. The van der Waals surface area contributed by atoms with Gasteiger partial charge in [0.05, 0.1) is 11.0 Å². The Kier molecular flexibility index (Phi) is 4.49. The molecule has 0 atom stereocenters. The third-order valence-electron chi connectivity index (χ3n) is 2.28. The van der Waals surface area contributed by atoms with E-state index in [1.54, 1.807) is 0 Å². The Morgan fingerprint density at radius 3 is 2.69 bits per heavy atom. The fraction of sp³-hybridized carbons (Fsp3) is 0.500. The zero-order valence-corrected chi connectivity index (χ0v) is 9.74. The molecule has 0 aliphatic carbocycles. The maximum absolute atomic E-state index is 11.5. The second-order valence-corrected chi connectivity index (χ2v) is 3.92. The van der Waals surface area contributed by atoms with Crippen molar-refractivity contribution < 1.29 is 9.65 Å². The average Bonchev–Trinajstić information content (AvgIpc) is 2.24. The van der Waals surface area contributed by atoms with Crippen molar-refractivity contribution in [2.45, 2.75) is 32.6 Å². The Morgan fingerprint density at radius 2 is 2.12 bits per heavy atom. The van der Waals surface area contributed by atoms with Crippen LogP contribution in [0.4, 0.5) is 5.69 Å². The smallest absolute Gasteiger partial charge is 0.293 e. The summed E-state index contributed by atoms with van der Waals surface area (Å²) in [6.45, 7) is 2.05. The fourth-order valence-electron chi connectivity index (χ4n) is 1.42. The fourth-order valence-corrected chi connectivity index (χ4v) is 1.64. The Balaban J connectivity index is 2.93. The summed E-state index contributed by atoms with van der Waals surface area (Å²) in [5.74, 6) is 0. The lowest BCUT2D eigenvalue weighted by Crippen LogP contribution is -2.33. The van der Waals surface area contributed by atoms with Gasteiger partial charge in [0.1, 0.15) is 6.07 Å². The molecule has 0 unspecified atom stereocenters. The maximum Gasteiger partial charge on any atom is 0.293 e. The normalized spacial score (nSPS) is 10.4. The number of rotatable bonds is 5. The van der Waals surface area contributed by atoms with Crippen LogP contribution in [0.3, 0.4) is 0 Å². The molecule has 16 heavy (non-hydrogen) atoms. The van der Waals surface area contributed by atoms with Crippen molar-refractivity contribution in [3.05, 3.63) is 38.3 Å². The largest absolute Gasteiger partial charge is 0.617 e. The molecule has 0 aromatic carbocycles. The standard InChI is InChI=1S/C10H13ClN2O3/c1-2-3-4-5-8-6-9(13(15)16)7-10(11)12(8)14/h6-7H,2-5H2,1H3. The van der Waals surface area contributed by atoms with Gasteiger partial charge in [-0.15, -0.1) is 0 Å². The van der Waals surface area contributed by atoms with Crippen LogP contribution in [0.25, 0.3) is 0 Å². The maximum atomic E-state index is 11.5. The van der Waals surface area contributed by atoms with Crippen molar-refractivity contribution in [1.82, 2.24) is 0 Å². The van der Waals surface area contributed by atoms with Gasteiger partial charge in [-0.25, -0.2) is 0 Å². The minimum atomic E-state index is -0.546. The van der Waals surface area contributed by atoms with E-state index < -0.39 is 4.92 Å². The van der Waals surface area contributed by atoms with E-state index in [0.717, 1.165) is 25.3 Å². The predicted molar refractivity (Wildman–Crippen MR) is 60.3 cm³/mol. The van der Waals surface area contributed by atoms with E-state index in [1.807, 2.05) is 6.92 Å². The van der Waals surface area contributed by atoms with Crippen LogP contribution < -0.4 is 4.73 Å². The molecule has 6 heteroatoms. The SMILES string of the molecule is CCCCCc1cc([N+](=O)[O-])cc(Cl)[n+]1[O-]. The van der Waals surface area contributed by atoms with Crippen molar-refractivity contribution in [3.63, 3.8) is 0 Å². The number of pyridine rings is 1. The molecule has 1 aromatic rings. The summed E-state index contributed by atoms with van der Waals surface area (Å²) < 4.78 is 0.546. The highest BCUT2D eigenvalue weighted by Crippen LogP contribution is 2.17. The summed E-state index contributed by atoms with van der Waals surface area (Å²) in [6.07, 6.45) is 3.36. The summed E-state index contributed by atoms with van der Waals surface area (Å²) in [4.78, 5) is 10.0. The van der Waals surface area contributed by atoms with Crippen molar-refractivity contribution in [3.8, 4) is 0 Å². The number of aromatic nitrogens is 1. The van der Waals surface area contributed by atoms with Gasteiger partial charge in [0, 0.05) is 6.42 Å². The monoisotopic (exact) mass is 244 g/mol. The van der Waals surface area contributed by atoms with E-state index in [-0.39, 0.29) is 10.8 Å². The van der Waals surface area contributed by atoms with Gasteiger partial charge in [-0.2, -0.15) is 4.73 Å². The van der Waals surface area contributed by atoms with E-state index in [9.17, 15) is 15.3 Å². The van der Waals surface area contributed by atoms with Crippen LogP contribution in [-0.2, 0) is 6.42 Å². The van der Waals surface area contributed by atoms with Gasteiger partial charge in [0.15, 0.2) is 0 Å². The Hall–Kier alpha value is -1.36. The van der Waals surface area contributed by atoms with Crippen molar-refractivity contribution in [2.75, 3.05) is 0 Å². The van der Waals surface area contributed by atoms with Crippen molar-refractivity contribution >= 4 is 17.3 Å². The van der Waals surface area contributed by atoms with Crippen molar-refractivity contribution in [2.24, 2.45) is 0 Å².